The first-order valence-electron chi connectivity index (χ1n) is 10.1. The zero-order valence-electron chi connectivity index (χ0n) is 17.2. The fourth-order valence-corrected chi connectivity index (χ4v) is 4.62. The lowest BCUT2D eigenvalue weighted by Crippen LogP contribution is -2.51. The van der Waals surface area contributed by atoms with Crippen LogP contribution in [0.4, 0.5) is 0 Å². The standard InChI is InChI=1S/C21H32N2O4S/c1-4-5-6-15-28(26,27)16-20(24)22-11-13-23(14-12-22)21(25)19-9-7-18(8-10-19)17(2)3/h7-10,17H,4-6,11-16H2,1-3H3. The Labute approximate surface area is 168 Å². The minimum absolute atomic E-state index is 0.0467. The maximum absolute atomic E-state index is 12.7. The molecule has 0 radical (unpaired) electrons. The third-order valence-corrected chi connectivity index (χ3v) is 6.74. The number of amides is 2. The highest BCUT2D eigenvalue weighted by Crippen LogP contribution is 2.16. The summed E-state index contributed by atoms with van der Waals surface area (Å²) >= 11 is 0. The van der Waals surface area contributed by atoms with Crippen LogP contribution in [0.5, 0.6) is 0 Å². The molecule has 0 N–H and O–H groups in total. The molecule has 6 nitrogen and oxygen atoms in total. The third-order valence-electron chi connectivity index (χ3n) is 5.15. The SMILES string of the molecule is CCCCCS(=O)(=O)CC(=O)N1CCN(C(=O)c2ccc(C(C)C)cc2)CC1. The van der Waals surface area contributed by atoms with Crippen molar-refractivity contribution >= 4 is 21.7 Å². The topological polar surface area (TPSA) is 74.8 Å². The molecule has 1 aromatic rings. The number of hydrogen-bond donors (Lipinski definition) is 0. The Bertz CT molecular complexity index is 764. The molecule has 0 bridgehead atoms. The Balaban J connectivity index is 1.86. The van der Waals surface area contributed by atoms with Gasteiger partial charge >= 0.3 is 0 Å². The van der Waals surface area contributed by atoms with Crippen LogP contribution in [-0.2, 0) is 14.6 Å². The van der Waals surface area contributed by atoms with Gasteiger partial charge in [-0.2, -0.15) is 0 Å². The van der Waals surface area contributed by atoms with Crippen LogP contribution in [0.2, 0.25) is 0 Å². The maximum Gasteiger partial charge on any atom is 0.253 e. The predicted octanol–water partition coefficient (Wildman–Crippen LogP) is 2.70. The number of nitrogens with zero attached hydrogens (tertiary/aromatic N) is 2. The highest BCUT2D eigenvalue weighted by molar-refractivity contribution is 7.92. The zero-order chi connectivity index (χ0) is 20.7. The van der Waals surface area contributed by atoms with Crippen molar-refractivity contribution in [1.82, 2.24) is 9.80 Å². The lowest BCUT2D eigenvalue weighted by atomic mass is 10.0. The number of unbranched alkanes of at least 4 members (excludes halogenated alkanes) is 2. The van der Waals surface area contributed by atoms with E-state index >= 15 is 0 Å². The molecule has 0 aliphatic carbocycles. The summed E-state index contributed by atoms with van der Waals surface area (Å²) in [5.41, 5.74) is 1.83. The second kappa shape index (κ2) is 10.0. The molecule has 1 heterocycles. The van der Waals surface area contributed by atoms with E-state index in [0.717, 1.165) is 12.8 Å². The van der Waals surface area contributed by atoms with Gasteiger partial charge in [-0.1, -0.05) is 45.7 Å². The molecule has 7 heteroatoms. The lowest BCUT2D eigenvalue weighted by molar-refractivity contribution is -0.129. The van der Waals surface area contributed by atoms with Crippen LogP contribution < -0.4 is 0 Å². The summed E-state index contributed by atoms with van der Waals surface area (Å²) in [6.45, 7) is 7.82. The second-order valence-corrected chi connectivity index (χ2v) is 9.93. The van der Waals surface area contributed by atoms with Crippen LogP contribution >= 0.6 is 0 Å². The van der Waals surface area contributed by atoms with Crippen LogP contribution in [0.3, 0.4) is 0 Å². The van der Waals surface area contributed by atoms with Gasteiger partial charge < -0.3 is 9.80 Å². The molecule has 0 spiro atoms. The molecule has 1 fully saturated rings. The van der Waals surface area contributed by atoms with E-state index in [4.69, 9.17) is 0 Å². The minimum Gasteiger partial charge on any atom is -0.338 e. The van der Waals surface area contributed by atoms with E-state index < -0.39 is 15.6 Å². The fraction of sp³-hybridized carbons (Fsp3) is 0.619. The van der Waals surface area contributed by atoms with E-state index in [9.17, 15) is 18.0 Å². The average molecular weight is 409 g/mol. The van der Waals surface area contributed by atoms with E-state index in [0.29, 0.717) is 44.1 Å². The summed E-state index contributed by atoms with van der Waals surface area (Å²) in [6.07, 6.45) is 2.40. The van der Waals surface area contributed by atoms with E-state index in [1.54, 1.807) is 9.80 Å². The van der Waals surface area contributed by atoms with Crippen LogP contribution in [-0.4, -0.2) is 67.7 Å². The molecule has 2 amide bonds. The van der Waals surface area contributed by atoms with E-state index in [1.165, 1.54) is 5.56 Å². The van der Waals surface area contributed by atoms with Gasteiger partial charge in [0.15, 0.2) is 9.84 Å². The van der Waals surface area contributed by atoms with Gasteiger partial charge in [0.2, 0.25) is 5.91 Å². The Kier molecular flexibility index (Phi) is 8.04. The van der Waals surface area contributed by atoms with Crippen LogP contribution in [0.15, 0.2) is 24.3 Å². The van der Waals surface area contributed by atoms with Gasteiger partial charge in [-0.15, -0.1) is 0 Å². The van der Waals surface area contributed by atoms with Crippen molar-refractivity contribution in [3.05, 3.63) is 35.4 Å². The summed E-state index contributed by atoms with van der Waals surface area (Å²) in [7, 11) is -3.36. The number of hydrogen-bond acceptors (Lipinski definition) is 4. The van der Waals surface area contributed by atoms with Crippen molar-refractivity contribution < 1.29 is 18.0 Å². The number of piperazine rings is 1. The molecule has 1 aliphatic heterocycles. The molecular weight excluding hydrogens is 376 g/mol. The predicted molar refractivity (Wildman–Crippen MR) is 111 cm³/mol. The van der Waals surface area contributed by atoms with Gasteiger partial charge in [-0.25, -0.2) is 8.42 Å². The van der Waals surface area contributed by atoms with Gasteiger partial charge in [0.05, 0.1) is 5.75 Å². The molecule has 0 unspecified atom stereocenters. The zero-order valence-corrected chi connectivity index (χ0v) is 18.0. The Hall–Kier alpha value is -1.89. The van der Waals surface area contributed by atoms with E-state index in [-0.39, 0.29) is 17.6 Å². The van der Waals surface area contributed by atoms with Crippen molar-refractivity contribution in [3.8, 4) is 0 Å². The van der Waals surface area contributed by atoms with Crippen LogP contribution in [0.1, 0.15) is 61.9 Å². The van der Waals surface area contributed by atoms with Gasteiger partial charge in [0.25, 0.3) is 5.91 Å². The first-order valence-corrected chi connectivity index (χ1v) is 11.9. The van der Waals surface area contributed by atoms with Gasteiger partial charge in [-0.05, 0) is 30.0 Å². The first-order chi connectivity index (χ1) is 13.2. The quantitative estimate of drug-likeness (QED) is 0.620. The summed E-state index contributed by atoms with van der Waals surface area (Å²) in [5.74, 6) is -0.352. The lowest BCUT2D eigenvalue weighted by Gasteiger charge is -2.34. The monoisotopic (exact) mass is 408 g/mol. The normalized spacial score (nSPS) is 15.1. The molecule has 156 valence electrons. The van der Waals surface area contributed by atoms with Crippen molar-refractivity contribution in [2.45, 2.75) is 46.0 Å². The van der Waals surface area contributed by atoms with E-state index in [1.807, 2.05) is 31.2 Å². The number of benzene rings is 1. The second-order valence-electron chi connectivity index (χ2n) is 7.75. The van der Waals surface area contributed by atoms with Crippen molar-refractivity contribution in [3.63, 3.8) is 0 Å². The first kappa shape index (κ1) is 22.4. The molecule has 1 aromatic carbocycles. The van der Waals surface area contributed by atoms with Gasteiger partial charge in [0, 0.05) is 31.7 Å². The molecule has 0 atom stereocenters. The highest BCUT2D eigenvalue weighted by Gasteiger charge is 2.27. The van der Waals surface area contributed by atoms with Crippen LogP contribution in [0.25, 0.3) is 0 Å². The van der Waals surface area contributed by atoms with Crippen molar-refractivity contribution in [2.75, 3.05) is 37.7 Å². The Morgan fingerprint density at radius 3 is 2.07 bits per heavy atom. The van der Waals surface area contributed by atoms with E-state index in [2.05, 4.69) is 13.8 Å². The summed E-state index contributed by atoms with van der Waals surface area (Å²) in [4.78, 5) is 28.3. The summed E-state index contributed by atoms with van der Waals surface area (Å²) < 4.78 is 24.2. The van der Waals surface area contributed by atoms with Gasteiger partial charge in [0.1, 0.15) is 5.75 Å². The highest BCUT2D eigenvalue weighted by atomic mass is 32.2. The maximum atomic E-state index is 12.7. The number of carbonyl (C=O) groups is 2. The number of rotatable bonds is 8. The van der Waals surface area contributed by atoms with Gasteiger partial charge in [-0.3, -0.25) is 9.59 Å². The van der Waals surface area contributed by atoms with Crippen LogP contribution in [0, 0.1) is 0 Å². The average Bonchev–Trinajstić information content (AvgIpc) is 2.67. The number of sulfone groups is 1. The van der Waals surface area contributed by atoms with Crippen molar-refractivity contribution in [1.29, 1.82) is 0 Å². The Morgan fingerprint density at radius 1 is 0.964 bits per heavy atom. The molecule has 28 heavy (non-hydrogen) atoms. The molecule has 0 saturated carbocycles. The molecular formula is C21H32N2O4S. The molecule has 0 aromatic heterocycles. The minimum atomic E-state index is -3.36. The molecule has 1 aliphatic rings. The smallest absolute Gasteiger partial charge is 0.253 e. The van der Waals surface area contributed by atoms with Crippen molar-refractivity contribution in [2.24, 2.45) is 0 Å². The third kappa shape index (κ3) is 6.33. The molecule has 2 rings (SSSR count). The Morgan fingerprint density at radius 2 is 1.54 bits per heavy atom. The molecule has 1 saturated heterocycles. The largest absolute Gasteiger partial charge is 0.338 e. The summed E-state index contributed by atoms with van der Waals surface area (Å²) in [6, 6.07) is 7.64. The summed E-state index contributed by atoms with van der Waals surface area (Å²) in [5, 5.41) is 0. The number of carbonyl (C=O) groups excluding carboxylic acids is 2. The fourth-order valence-electron chi connectivity index (χ4n) is 3.28.